The Labute approximate surface area is 76.5 Å². The molecule has 0 aliphatic heterocycles. The quantitative estimate of drug-likeness (QED) is 0.404. The maximum Gasteiger partial charge on any atom is 0.381 e. The van der Waals surface area contributed by atoms with Crippen molar-refractivity contribution in [2.45, 2.75) is 6.92 Å². The molecule has 0 aliphatic rings. The molecule has 0 bridgehead atoms. The monoisotopic (exact) mass is 178 g/mol. The molecule has 1 aromatic rings. The van der Waals surface area contributed by atoms with Crippen molar-refractivity contribution in [3.8, 4) is 5.75 Å². The zero-order valence-corrected chi connectivity index (χ0v) is 7.32. The van der Waals surface area contributed by atoms with Crippen molar-refractivity contribution in [3.63, 3.8) is 0 Å². The summed E-state index contributed by atoms with van der Waals surface area (Å²) < 4.78 is 0. The molecule has 3 heteroatoms. The van der Waals surface area contributed by atoms with Crippen molar-refractivity contribution < 1.29 is 14.6 Å². The second-order valence-corrected chi connectivity index (χ2v) is 2.55. The van der Waals surface area contributed by atoms with Crippen LogP contribution in [0, 0.1) is 0 Å². The number of carbonyl (C=O) groups is 1. The lowest BCUT2D eigenvalue weighted by Gasteiger charge is -2.02. The van der Waals surface area contributed by atoms with Crippen molar-refractivity contribution in [1.82, 2.24) is 0 Å². The van der Waals surface area contributed by atoms with Gasteiger partial charge >= 0.3 is 5.97 Å². The second-order valence-electron chi connectivity index (χ2n) is 2.55. The molecule has 0 unspecified atom stereocenters. The third kappa shape index (κ3) is 2.99. The minimum atomic E-state index is -0.566. The highest BCUT2D eigenvalue weighted by molar-refractivity contribution is 5.86. The van der Waals surface area contributed by atoms with Crippen LogP contribution in [-0.2, 0) is 9.68 Å². The van der Waals surface area contributed by atoms with Gasteiger partial charge in [0.1, 0.15) is 0 Å². The van der Waals surface area contributed by atoms with Crippen LogP contribution in [-0.4, -0.2) is 5.97 Å². The summed E-state index contributed by atoms with van der Waals surface area (Å²) in [6.45, 7) is 4.97. The van der Waals surface area contributed by atoms with E-state index in [-0.39, 0.29) is 0 Å². The van der Waals surface area contributed by atoms with Gasteiger partial charge in [-0.25, -0.2) is 9.68 Å². The molecule has 0 amide bonds. The Hall–Kier alpha value is -1.77. The average Bonchev–Trinajstić information content (AvgIpc) is 2.15. The van der Waals surface area contributed by atoms with Crippen LogP contribution in [0.5, 0.6) is 5.75 Å². The number of para-hydroxylation sites is 1. The summed E-state index contributed by atoms with van der Waals surface area (Å²) in [6, 6.07) is 8.78. The Morgan fingerprint density at radius 3 is 2.46 bits per heavy atom. The average molecular weight is 178 g/mol. The van der Waals surface area contributed by atoms with Crippen LogP contribution in [0.25, 0.3) is 0 Å². The van der Waals surface area contributed by atoms with Gasteiger partial charge in [0.05, 0.1) is 0 Å². The third-order valence-corrected chi connectivity index (χ3v) is 1.31. The Morgan fingerprint density at radius 2 is 1.92 bits per heavy atom. The first-order chi connectivity index (χ1) is 6.20. The van der Waals surface area contributed by atoms with Crippen LogP contribution in [0.1, 0.15) is 6.92 Å². The molecule has 0 spiro atoms. The topological polar surface area (TPSA) is 35.5 Å². The first-order valence-electron chi connectivity index (χ1n) is 3.79. The molecular weight excluding hydrogens is 168 g/mol. The SMILES string of the molecule is C=C(C)C(=O)OOc1ccccc1. The predicted molar refractivity (Wildman–Crippen MR) is 48.0 cm³/mol. The maximum absolute atomic E-state index is 10.9. The summed E-state index contributed by atoms with van der Waals surface area (Å²) in [6.07, 6.45) is 0. The van der Waals surface area contributed by atoms with E-state index in [1.54, 1.807) is 31.2 Å². The van der Waals surface area contributed by atoms with Gasteiger partial charge in [-0.2, -0.15) is 0 Å². The van der Waals surface area contributed by atoms with E-state index >= 15 is 0 Å². The van der Waals surface area contributed by atoms with Crippen LogP contribution in [0.4, 0.5) is 0 Å². The zero-order chi connectivity index (χ0) is 9.68. The van der Waals surface area contributed by atoms with E-state index in [2.05, 4.69) is 11.5 Å². The van der Waals surface area contributed by atoms with Crippen LogP contribution >= 0.6 is 0 Å². The summed E-state index contributed by atoms with van der Waals surface area (Å²) in [5, 5.41) is 0. The lowest BCUT2D eigenvalue weighted by atomic mass is 10.3. The minimum absolute atomic E-state index is 0.302. The van der Waals surface area contributed by atoms with E-state index in [4.69, 9.17) is 4.89 Å². The number of hydrogen-bond acceptors (Lipinski definition) is 3. The van der Waals surface area contributed by atoms with Crippen molar-refractivity contribution >= 4 is 5.97 Å². The maximum atomic E-state index is 10.9. The van der Waals surface area contributed by atoms with Gasteiger partial charge in [0, 0.05) is 5.57 Å². The van der Waals surface area contributed by atoms with Gasteiger partial charge in [0.2, 0.25) is 0 Å². The molecule has 68 valence electrons. The highest BCUT2D eigenvalue weighted by Gasteiger charge is 2.04. The van der Waals surface area contributed by atoms with Crippen molar-refractivity contribution in [2.75, 3.05) is 0 Å². The van der Waals surface area contributed by atoms with Gasteiger partial charge in [0.25, 0.3) is 0 Å². The largest absolute Gasteiger partial charge is 0.381 e. The Balaban J connectivity index is 2.44. The third-order valence-electron chi connectivity index (χ3n) is 1.31. The molecule has 0 saturated heterocycles. The van der Waals surface area contributed by atoms with Crippen LogP contribution in [0.15, 0.2) is 42.5 Å². The molecular formula is C10H10O3. The number of hydrogen-bond donors (Lipinski definition) is 0. The van der Waals surface area contributed by atoms with Gasteiger partial charge in [-0.05, 0) is 19.1 Å². The van der Waals surface area contributed by atoms with Gasteiger partial charge in [-0.3, -0.25) is 4.89 Å². The summed E-state index contributed by atoms with van der Waals surface area (Å²) in [4.78, 5) is 20.0. The molecule has 0 saturated carbocycles. The lowest BCUT2D eigenvalue weighted by molar-refractivity contribution is -0.208. The standard InChI is InChI=1S/C10H10O3/c1-8(2)10(11)13-12-9-6-4-3-5-7-9/h3-7H,1H2,2H3. The minimum Gasteiger partial charge on any atom is -0.287 e. The molecule has 0 aromatic heterocycles. The number of carbonyl (C=O) groups excluding carboxylic acids is 1. The highest BCUT2D eigenvalue weighted by Crippen LogP contribution is 2.09. The van der Waals surface area contributed by atoms with Crippen LogP contribution in [0.3, 0.4) is 0 Å². The fraction of sp³-hybridized carbons (Fsp3) is 0.100. The Bertz CT molecular complexity index is 303. The van der Waals surface area contributed by atoms with E-state index in [0.29, 0.717) is 11.3 Å². The number of benzene rings is 1. The van der Waals surface area contributed by atoms with Gasteiger partial charge in [-0.1, -0.05) is 24.8 Å². The molecule has 0 N–H and O–H groups in total. The van der Waals surface area contributed by atoms with Crippen LogP contribution < -0.4 is 4.89 Å². The molecule has 0 heterocycles. The normalized spacial score (nSPS) is 9.00. The molecule has 0 radical (unpaired) electrons. The summed E-state index contributed by atoms with van der Waals surface area (Å²) in [5.41, 5.74) is 0.302. The first kappa shape index (κ1) is 9.32. The smallest absolute Gasteiger partial charge is 0.287 e. The molecule has 0 fully saturated rings. The lowest BCUT2D eigenvalue weighted by Crippen LogP contribution is -2.07. The molecule has 0 aliphatic carbocycles. The number of rotatable bonds is 3. The van der Waals surface area contributed by atoms with Gasteiger partial charge in [0.15, 0.2) is 5.75 Å². The van der Waals surface area contributed by atoms with E-state index < -0.39 is 5.97 Å². The molecule has 3 nitrogen and oxygen atoms in total. The van der Waals surface area contributed by atoms with Gasteiger partial charge < -0.3 is 0 Å². The molecule has 1 aromatic carbocycles. The van der Waals surface area contributed by atoms with E-state index in [1.165, 1.54) is 0 Å². The van der Waals surface area contributed by atoms with E-state index in [1.807, 2.05) is 6.07 Å². The predicted octanol–water partition coefficient (Wildman–Crippen LogP) is 2.10. The molecule has 1 rings (SSSR count). The van der Waals surface area contributed by atoms with E-state index in [9.17, 15) is 4.79 Å². The fourth-order valence-electron chi connectivity index (χ4n) is 0.633. The molecule has 0 atom stereocenters. The second kappa shape index (κ2) is 4.30. The van der Waals surface area contributed by atoms with Crippen molar-refractivity contribution in [2.24, 2.45) is 0 Å². The first-order valence-corrected chi connectivity index (χ1v) is 3.79. The summed E-state index contributed by atoms with van der Waals surface area (Å²) in [5.74, 6) is -0.0825. The fourth-order valence-corrected chi connectivity index (χ4v) is 0.633. The van der Waals surface area contributed by atoms with Gasteiger partial charge in [-0.15, -0.1) is 0 Å². The Morgan fingerprint density at radius 1 is 1.31 bits per heavy atom. The summed E-state index contributed by atoms with van der Waals surface area (Å²) >= 11 is 0. The summed E-state index contributed by atoms with van der Waals surface area (Å²) in [7, 11) is 0. The highest BCUT2D eigenvalue weighted by atomic mass is 17.2. The van der Waals surface area contributed by atoms with E-state index in [0.717, 1.165) is 0 Å². The molecule has 13 heavy (non-hydrogen) atoms. The van der Waals surface area contributed by atoms with Crippen LogP contribution in [0.2, 0.25) is 0 Å². The van der Waals surface area contributed by atoms with Crippen molar-refractivity contribution in [3.05, 3.63) is 42.5 Å². The van der Waals surface area contributed by atoms with Crippen molar-refractivity contribution in [1.29, 1.82) is 0 Å². The zero-order valence-electron chi connectivity index (χ0n) is 7.32. The Kier molecular flexibility index (Phi) is 3.09.